The molecule has 0 radical (unpaired) electrons. The molecule has 0 bridgehead atoms. The van der Waals surface area contributed by atoms with Crippen LogP contribution in [0.1, 0.15) is 5.56 Å². The van der Waals surface area contributed by atoms with E-state index in [4.69, 9.17) is 9.47 Å². The molecule has 0 aromatic heterocycles. The number of nitrogens with one attached hydrogen (secondary N) is 1. The summed E-state index contributed by atoms with van der Waals surface area (Å²) in [7, 11) is 3.18. The van der Waals surface area contributed by atoms with Gasteiger partial charge in [0.25, 0.3) is 0 Å². The zero-order valence-corrected chi connectivity index (χ0v) is 14.6. The molecule has 0 aliphatic carbocycles. The molecule has 2 aromatic carbocycles. The Balaban J connectivity index is 2.19. The maximum Gasteiger partial charge on any atom is 0.174 e. The van der Waals surface area contributed by atoms with E-state index < -0.39 is 0 Å². The minimum atomic E-state index is 0.495. The molecule has 23 heavy (non-hydrogen) atoms. The lowest BCUT2D eigenvalue weighted by Crippen LogP contribution is -1.97. The van der Waals surface area contributed by atoms with Crippen molar-refractivity contribution in [2.75, 3.05) is 19.5 Å². The minimum Gasteiger partial charge on any atom is -0.493 e. The standard InChI is InChI=1S/C18H17BrN2O2/c1-22-17-10-13(9-16(19)18(17)23-2)8-14(11-20)12-21-15-6-4-3-5-7-15/h3-7,9-10,12,21H,8H2,1-2H3. The third kappa shape index (κ3) is 4.51. The normalized spacial score (nSPS) is 10.8. The Kier molecular flexibility index (Phi) is 6.07. The van der Waals surface area contributed by atoms with Gasteiger partial charge in [0.1, 0.15) is 0 Å². The maximum atomic E-state index is 9.34. The fourth-order valence-corrected chi connectivity index (χ4v) is 2.77. The molecule has 1 N–H and O–H groups in total. The minimum absolute atomic E-state index is 0.495. The van der Waals surface area contributed by atoms with E-state index in [0.29, 0.717) is 23.5 Å². The SMILES string of the molecule is COc1cc(CC(C#N)=CNc2ccccc2)cc(Br)c1OC. The van der Waals surface area contributed by atoms with Gasteiger partial charge in [-0.2, -0.15) is 5.26 Å². The van der Waals surface area contributed by atoms with Gasteiger partial charge in [-0.1, -0.05) is 18.2 Å². The summed E-state index contributed by atoms with van der Waals surface area (Å²) >= 11 is 3.46. The molecular weight excluding hydrogens is 356 g/mol. The first-order valence-electron chi connectivity index (χ1n) is 6.99. The molecule has 0 fully saturated rings. The highest BCUT2D eigenvalue weighted by molar-refractivity contribution is 9.10. The number of rotatable bonds is 6. The van der Waals surface area contributed by atoms with Crippen molar-refractivity contribution in [3.8, 4) is 17.6 Å². The van der Waals surface area contributed by atoms with Gasteiger partial charge in [0.15, 0.2) is 11.5 Å². The van der Waals surface area contributed by atoms with Gasteiger partial charge in [0.05, 0.1) is 24.8 Å². The highest BCUT2D eigenvalue weighted by atomic mass is 79.9. The van der Waals surface area contributed by atoms with Gasteiger partial charge < -0.3 is 14.8 Å². The van der Waals surface area contributed by atoms with Crippen LogP contribution in [0.2, 0.25) is 0 Å². The van der Waals surface area contributed by atoms with Crippen LogP contribution in [0, 0.1) is 11.3 Å². The second-order valence-electron chi connectivity index (χ2n) is 4.78. The van der Waals surface area contributed by atoms with Crippen LogP contribution in [0.15, 0.2) is 58.7 Å². The number of methoxy groups -OCH3 is 2. The predicted octanol–water partition coefficient (Wildman–Crippen LogP) is 4.53. The number of hydrogen-bond acceptors (Lipinski definition) is 4. The van der Waals surface area contributed by atoms with E-state index >= 15 is 0 Å². The molecule has 0 atom stereocenters. The second kappa shape index (κ2) is 8.25. The van der Waals surface area contributed by atoms with E-state index in [-0.39, 0.29) is 0 Å². The topological polar surface area (TPSA) is 54.3 Å². The van der Waals surface area contributed by atoms with Crippen molar-refractivity contribution in [1.82, 2.24) is 0 Å². The first-order valence-corrected chi connectivity index (χ1v) is 7.78. The highest BCUT2D eigenvalue weighted by Crippen LogP contribution is 2.36. The first kappa shape index (κ1) is 16.9. The van der Waals surface area contributed by atoms with E-state index in [1.54, 1.807) is 20.4 Å². The van der Waals surface area contributed by atoms with Gasteiger partial charge >= 0.3 is 0 Å². The number of benzene rings is 2. The summed E-state index contributed by atoms with van der Waals surface area (Å²) in [6, 6.07) is 15.7. The second-order valence-corrected chi connectivity index (χ2v) is 5.64. The number of nitrogens with zero attached hydrogens (tertiary/aromatic N) is 1. The van der Waals surface area contributed by atoms with Gasteiger partial charge in [-0.3, -0.25) is 0 Å². The number of halogens is 1. The number of allylic oxidation sites excluding steroid dienone is 1. The summed E-state index contributed by atoms with van der Waals surface area (Å²) in [6.07, 6.45) is 2.22. The zero-order valence-electron chi connectivity index (χ0n) is 13.0. The van der Waals surface area contributed by atoms with Gasteiger partial charge in [-0.05, 0) is 45.8 Å². The van der Waals surface area contributed by atoms with Crippen molar-refractivity contribution < 1.29 is 9.47 Å². The van der Waals surface area contributed by atoms with Gasteiger partial charge in [-0.25, -0.2) is 0 Å². The van der Waals surface area contributed by atoms with Crippen LogP contribution in [-0.4, -0.2) is 14.2 Å². The summed E-state index contributed by atoms with van der Waals surface area (Å²) in [4.78, 5) is 0. The van der Waals surface area contributed by atoms with Crippen molar-refractivity contribution in [3.05, 3.63) is 64.3 Å². The summed E-state index contributed by atoms with van der Waals surface area (Å²) in [5.74, 6) is 1.27. The Labute approximate surface area is 144 Å². The quantitative estimate of drug-likeness (QED) is 0.756. The Morgan fingerprint density at radius 1 is 1.22 bits per heavy atom. The fourth-order valence-electron chi connectivity index (χ4n) is 2.12. The predicted molar refractivity (Wildman–Crippen MR) is 94.7 cm³/mol. The molecule has 2 aromatic rings. The molecule has 4 nitrogen and oxygen atoms in total. The lowest BCUT2D eigenvalue weighted by molar-refractivity contribution is 0.352. The monoisotopic (exact) mass is 372 g/mol. The van der Waals surface area contributed by atoms with Gasteiger partial charge in [-0.15, -0.1) is 0 Å². The van der Waals surface area contributed by atoms with E-state index in [9.17, 15) is 5.26 Å². The molecule has 0 saturated heterocycles. The molecule has 0 spiro atoms. The van der Waals surface area contributed by atoms with Gasteiger partial charge in [0, 0.05) is 23.9 Å². The first-order chi connectivity index (χ1) is 11.2. The molecule has 0 aliphatic rings. The van der Waals surface area contributed by atoms with Gasteiger partial charge in [0.2, 0.25) is 0 Å². The third-order valence-electron chi connectivity index (χ3n) is 3.22. The maximum absolute atomic E-state index is 9.34. The van der Waals surface area contributed by atoms with Crippen LogP contribution in [0.3, 0.4) is 0 Å². The lowest BCUT2D eigenvalue weighted by Gasteiger charge is -2.12. The average molecular weight is 373 g/mol. The van der Waals surface area contributed by atoms with E-state index in [0.717, 1.165) is 15.7 Å². The fraction of sp³-hybridized carbons (Fsp3) is 0.167. The third-order valence-corrected chi connectivity index (χ3v) is 3.81. The summed E-state index contributed by atoms with van der Waals surface area (Å²) in [6.45, 7) is 0. The Morgan fingerprint density at radius 3 is 2.57 bits per heavy atom. The van der Waals surface area contributed by atoms with E-state index in [1.165, 1.54) is 0 Å². The molecular formula is C18H17BrN2O2. The van der Waals surface area contributed by atoms with E-state index in [2.05, 4.69) is 27.3 Å². The number of anilines is 1. The van der Waals surface area contributed by atoms with Crippen molar-refractivity contribution >= 4 is 21.6 Å². The average Bonchev–Trinajstić information content (AvgIpc) is 2.58. The summed E-state index contributed by atoms with van der Waals surface area (Å²) < 4.78 is 11.4. The Hall–Kier alpha value is -2.45. The van der Waals surface area contributed by atoms with Crippen molar-refractivity contribution in [3.63, 3.8) is 0 Å². The van der Waals surface area contributed by atoms with E-state index in [1.807, 2.05) is 42.5 Å². The molecule has 0 heterocycles. The van der Waals surface area contributed by atoms with Crippen LogP contribution in [0.25, 0.3) is 0 Å². The van der Waals surface area contributed by atoms with Crippen LogP contribution in [-0.2, 0) is 6.42 Å². The molecule has 0 saturated carbocycles. The highest BCUT2D eigenvalue weighted by Gasteiger charge is 2.11. The zero-order chi connectivity index (χ0) is 16.7. The molecule has 0 amide bonds. The van der Waals surface area contributed by atoms with Crippen molar-refractivity contribution in [1.29, 1.82) is 5.26 Å². The summed E-state index contributed by atoms with van der Waals surface area (Å²) in [5.41, 5.74) is 2.51. The number of para-hydroxylation sites is 1. The molecule has 0 unspecified atom stereocenters. The van der Waals surface area contributed by atoms with Crippen LogP contribution in [0.5, 0.6) is 11.5 Å². The molecule has 5 heteroatoms. The Bertz CT molecular complexity index is 737. The van der Waals surface area contributed by atoms with Crippen molar-refractivity contribution in [2.45, 2.75) is 6.42 Å². The largest absolute Gasteiger partial charge is 0.493 e. The smallest absolute Gasteiger partial charge is 0.174 e. The molecule has 118 valence electrons. The molecule has 0 aliphatic heterocycles. The number of nitriles is 1. The Morgan fingerprint density at radius 2 is 1.96 bits per heavy atom. The van der Waals surface area contributed by atoms with Crippen LogP contribution >= 0.6 is 15.9 Å². The van der Waals surface area contributed by atoms with Crippen LogP contribution in [0.4, 0.5) is 5.69 Å². The lowest BCUT2D eigenvalue weighted by atomic mass is 10.1. The summed E-state index contributed by atoms with van der Waals surface area (Å²) in [5, 5.41) is 12.5. The molecule has 2 rings (SSSR count). The van der Waals surface area contributed by atoms with Crippen LogP contribution < -0.4 is 14.8 Å². The number of hydrogen-bond donors (Lipinski definition) is 1. The number of ether oxygens (including phenoxy) is 2. The van der Waals surface area contributed by atoms with Crippen molar-refractivity contribution in [2.24, 2.45) is 0 Å².